The number of hydrogen-bond donors (Lipinski definition) is 1. The van der Waals surface area contributed by atoms with Crippen LogP contribution in [0.1, 0.15) is 16.7 Å². The summed E-state index contributed by atoms with van der Waals surface area (Å²) in [4.78, 5) is 29.0. The SMILES string of the molecule is COc1cc2c(cc1OC)C(c1c(-c3ccco3)[nH]n(-c3ccc([N+](=O)[O-])cc3)c1=O)=NCC2. The first-order valence-corrected chi connectivity index (χ1v) is 10.5. The van der Waals surface area contributed by atoms with E-state index < -0.39 is 4.92 Å². The van der Waals surface area contributed by atoms with Crippen LogP contribution in [-0.2, 0) is 6.42 Å². The molecule has 0 bridgehead atoms. The van der Waals surface area contributed by atoms with Gasteiger partial charge in [0.25, 0.3) is 11.2 Å². The van der Waals surface area contributed by atoms with E-state index in [0.29, 0.717) is 52.9 Å². The van der Waals surface area contributed by atoms with E-state index in [1.165, 1.54) is 35.2 Å². The van der Waals surface area contributed by atoms with Gasteiger partial charge < -0.3 is 13.9 Å². The summed E-state index contributed by atoms with van der Waals surface area (Å²) >= 11 is 0. The van der Waals surface area contributed by atoms with Gasteiger partial charge in [0.05, 0.1) is 42.4 Å². The van der Waals surface area contributed by atoms with Gasteiger partial charge in [-0.25, -0.2) is 4.68 Å². The Kier molecular flexibility index (Phi) is 5.25. The molecule has 10 heteroatoms. The molecule has 2 aromatic heterocycles. The zero-order valence-corrected chi connectivity index (χ0v) is 18.4. The lowest BCUT2D eigenvalue weighted by Gasteiger charge is -2.19. The standard InChI is InChI=1S/C24H20N4O6/c1-32-19-12-14-9-10-25-22(17(14)13-20(19)33-2)21-23(18-4-3-11-34-18)26-27(24(21)29)15-5-7-16(8-6-15)28(30)31/h3-8,11-13,26H,9-10H2,1-2H3. The van der Waals surface area contributed by atoms with Gasteiger partial charge in [-0.3, -0.25) is 25.0 Å². The maximum absolute atomic E-state index is 13.7. The van der Waals surface area contributed by atoms with Crippen LogP contribution < -0.4 is 15.0 Å². The molecule has 10 nitrogen and oxygen atoms in total. The fraction of sp³-hybridized carbons (Fsp3) is 0.167. The molecule has 1 aliphatic heterocycles. The predicted molar refractivity (Wildman–Crippen MR) is 125 cm³/mol. The number of aliphatic imine (C=N–C) groups is 1. The van der Waals surface area contributed by atoms with Gasteiger partial charge >= 0.3 is 0 Å². The van der Waals surface area contributed by atoms with Crippen molar-refractivity contribution >= 4 is 11.4 Å². The smallest absolute Gasteiger partial charge is 0.281 e. The van der Waals surface area contributed by atoms with E-state index in [4.69, 9.17) is 18.9 Å². The van der Waals surface area contributed by atoms with Gasteiger partial charge in [-0.15, -0.1) is 0 Å². The summed E-state index contributed by atoms with van der Waals surface area (Å²) in [5.74, 6) is 1.59. The van der Waals surface area contributed by atoms with E-state index >= 15 is 0 Å². The predicted octanol–water partition coefficient (Wildman–Crippen LogP) is 3.74. The molecule has 4 aromatic rings. The molecule has 0 radical (unpaired) electrons. The molecule has 0 aliphatic carbocycles. The molecule has 0 saturated heterocycles. The van der Waals surface area contributed by atoms with Crippen molar-refractivity contribution in [3.05, 3.63) is 92.0 Å². The molecule has 0 unspecified atom stereocenters. The van der Waals surface area contributed by atoms with E-state index in [2.05, 4.69) is 5.10 Å². The molecule has 5 rings (SSSR count). The maximum Gasteiger partial charge on any atom is 0.281 e. The first-order chi connectivity index (χ1) is 16.5. The first-order valence-electron chi connectivity index (χ1n) is 10.5. The summed E-state index contributed by atoms with van der Waals surface area (Å²) < 4.78 is 17.8. The number of aromatic nitrogens is 2. The van der Waals surface area contributed by atoms with Crippen LogP contribution in [0.5, 0.6) is 11.5 Å². The second-order valence-electron chi connectivity index (χ2n) is 7.60. The number of non-ortho nitro benzene ring substituents is 1. The van der Waals surface area contributed by atoms with Gasteiger partial charge in [0.15, 0.2) is 17.3 Å². The van der Waals surface area contributed by atoms with Crippen LogP contribution in [0.4, 0.5) is 5.69 Å². The number of nitro benzene ring substituents is 1. The van der Waals surface area contributed by atoms with E-state index in [1.54, 1.807) is 26.4 Å². The van der Waals surface area contributed by atoms with Gasteiger partial charge in [-0.1, -0.05) is 0 Å². The van der Waals surface area contributed by atoms with Crippen molar-refractivity contribution in [1.29, 1.82) is 0 Å². The molecule has 0 spiro atoms. The summed E-state index contributed by atoms with van der Waals surface area (Å²) in [5, 5.41) is 14.1. The van der Waals surface area contributed by atoms with E-state index in [1.807, 2.05) is 12.1 Å². The second kappa shape index (κ2) is 8.39. The minimum Gasteiger partial charge on any atom is -0.493 e. The Bertz CT molecular complexity index is 1460. The molecule has 0 fully saturated rings. The Hall–Kier alpha value is -4.60. The van der Waals surface area contributed by atoms with Crippen molar-refractivity contribution in [3.8, 4) is 28.6 Å². The summed E-state index contributed by atoms with van der Waals surface area (Å²) in [7, 11) is 3.13. The lowest BCUT2D eigenvalue weighted by Crippen LogP contribution is -2.24. The lowest BCUT2D eigenvalue weighted by atomic mass is 9.92. The molecule has 0 amide bonds. The van der Waals surface area contributed by atoms with Crippen molar-refractivity contribution in [1.82, 2.24) is 9.78 Å². The Morgan fingerprint density at radius 1 is 1.12 bits per heavy atom. The highest BCUT2D eigenvalue weighted by Crippen LogP contribution is 2.35. The number of methoxy groups -OCH3 is 2. The number of rotatable bonds is 6. The first kappa shape index (κ1) is 21.3. The number of H-pyrrole nitrogens is 1. The average molecular weight is 460 g/mol. The van der Waals surface area contributed by atoms with Crippen LogP contribution in [0.25, 0.3) is 17.1 Å². The summed E-state index contributed by atoms with van der Waals surface area (Å²) in [6, 6.07) is 12.9. The summed E-state index contributed by atoms with van der Waals surface area (Å²) in [6.45, 7) is 0.498. The Balaban J connectivity index is 1.72. The van der Waals surface area contributed by atoms with Crippen molar-refractivity contribution in [2.45, 2.75) is 6.42 Å². The Morgan fingerprint density at radius 3 is 2.50 bits per heavy atom. The van der Waals surface area contributed by atoms with Crippen molar-refractivity contribution in [3.63, 3.8) is 0 Å². The second-order valence-corrected chi connectivity index (χ2v) is 7.60. The zero-order valence-electron chi connectivity index (χ0n) is 18.4. The third kappa shape index (κ3) is 3.45. The lowest BCUT2D eigenvalue weighted by molar-refractivity contribution is -0.384. The van der Waals surface area contributed by atoms with Crippen LogP contribution in [0.2, 0.25) is 0 Å². The van der Waals surface area contributed by atoms with Crippen LogP contribution in [0.3, 0.4) is 0 Å². The van der Waals surface area contributed by atoms with Gasteiger partial charge in [-0.2, -0.15) is 0 Å². The number of aromatic amines is 1. The molecule has 172 valence electrons. The topological polar surface area (TPSA) is 125 Å². The Morgan fingerprint density at radius 2 is 1.85 bits per heavy atom. The van der Waals surface area contributed by atoms with Crippen molar-refractivity contribution in [2.24, 2.45) is 4.99 Å². The number of nitro groups is 1. The van der Waals surface area contributed by atoms with Crippen LogP contribution in [0, 0.1) is 10.1 Å². The number of fused-ring (bicyclic) bond motifs is 1. The molecular weight excluding hydrogens is 440 g/mol. The largest absolute Gasteiger partial charge is 0.493 e. The van der Waals surface area contributed by atoms with Crippen molar-refractivity contribution in [2.75, 3.05) is 20.8 Å². The maximum atomic E-state index is 13.7. The van der Waals surface area contributed by atoms with Gasteiger partial charge in [0, 0.05) is 24.2 Å². The van der Waals surface area contributed by atoms with Crippen molar-refractivity contribution < 1.29 is 18.8 Å². The summed E-state index contributed by atoms with van der Waals surface area (Å²) in [6.07, 6.45) is 2.21. The molecular formula is C24H20N4O6. The van der Waals surface area contributed by atoms with Crippen LogP contribution >= 0.6 is 0 Å². The average Bonchev–Trinajstić information content (AvgIpc) is 3.51. The minimum absolute atomic E-state index is 0.0681. The van der Waals surface area contributed by atoms with Gasteiger partial charge in [0.2, 0.25) is 0 Å². The number of nitrogens with zero attached hydrogens (tertiary/aromatic N) is 3. The number of nitrogens with one attached hydrogen (secondary N) is 1. The van der Waals surface area contributed by atoms with E-state index in [9.17, 15) is 14.9 Å². The third-order valence-electron chi connectivity index (χ3n) is 5.73. The molecule has 0 atom stereocenters. The molecule has 34 heavy (non-hydrogen) atoms. The van der Waals surface area contributed by atoms with E-state index in [0.717, 1.165) is 11.1 Å². The highest BCUT2D eigenvalue weighted by atomic mass is 16.6. The quantitative estimate of drug-likeness (QED) is 0.345. The van der Waals surface area contributed by atoms with Crippen LogP contribution in [-0.4, -0.2) is 41.2 Å². The number of hydrogen-bond acceptors (Lipinski definition) is 7. The molecule has 3 heterocycles. The minimum atomic E-state index is -0.490. The number of furan rings is 1. The summed E-state index contributed by atoms with van der Waals surface area (Å²) in [5.41, 5.74) is 3.06. The highest BCUT2D eigenvalue weighted by Gasteiger charge is 2.28. The zero-order chi connectivity index (χ0) is 23.8. The molecule has 1 N–H and O–H groups in total. The molecule has 0 saturated carbocycles. The number of benzene rings is 2. The number of ether oxygens (including phenoxy) is 2. The molecule has 2 aromatic carbocycles. The van der Waals surface area contributed by atoms with Gasteiger partial charge in [-0.05, 0) is 48.4 Å². The van der Waals surface area contributed by atoms with Crippen LogP contribution in [0.15, 0.2) is 69.0 Å². The van der Waals surface area contributed by atoms with Gasteiger partial charge in [0.1, 0.15) is 5.69 Å². The van der Waals surface area contributed by atoms with E-state index in [-0.39, 0.29) is 11.2 Å². The third-order valence-corrected chi connectivity index (χ3v) is 5.73. The monoisotopic (exact) mass is 460 g/mol. The Labute approximate surface area is 193 Å². The fourth-order valence-electron chi connectivity index (χ4n) is 4.10. The highest BCUT2D eigenvalue weighted by molar-refractivity contribution is 6.17. The molecule has 1 aliphatic rings. The fourth-order valence-corrected chi connectivity index (χ4v) is 4.10. The normalized spacial score (nSPS) is 12.7.